The van der Waals surface area contributed by atoms with Gasteiger partial charge in [-0.05, 0) is 74.2 Å². The van der Waals surface area contributed by atoms with E-state index >= 15 is 0 Å². The van der Waals surface area contributed by atoms with Gasteiger partial charge in [0.05, 0.1) is 18.5 Å². The van der Waals surface area contributed by atoms with Crippen molar-refractivity contribution in [1.29, 1.82) is 0 Å². The van der Waals surface area contributed by atoms with Crippen LogP contribution in [0.1, 0.15) is 49.3 Å². The average molecular weight is 336 g/mol. The average Bonchev–Trinajstić information content (AvgIpc) is 3.08. The van der Waals surface area contributed by atoms with Gasteiger partial charge in [-0.1, -0.05) is 29.8 Å². The molecule has 1 N–H and O–H groups in total. The lowest BCUT2D eigenvalue weighted by Gasteiger charge is -2.56. The summed E-state index contributed by atoms with van der Waals surface area (Å²) in [5.41, 5.74) is 2.46. The molecule has 3 nitrogen and oxygen atoms in total. The highest BCUT2D eigenvalue weighted by Crippen LogP contribution is 2.58. The Morgan fingerprint density at radius 2 is 1.80 bits per heavy atom. The molecule has 0 radical (unpaired) electrons. The van der Waals surface area contributed by atoms with Crippen LogP contribution in [0.3, 0.4) is 0 Å². The van der Waals surface area contributed by atoms with Crippen molar-refractivity contribution in [2.75, 3.05) is 0 Å². The van der Waals surface area contributed by atoms with E-state index in [0.29, 0.717) is 5.92 Å². The second-order valence-corrected chi connectivity index (χ2v) is 8.87. The van der Waals surface area contributed by atoms with Crippen LogP contribution in [-0.2, 0) is 0 Å². The molecule has 0 amide bonds. The second-order valence-electron chi connectivity index (χ2n) is 8.87. The van der Waals surface area contributed by atoms with E-state index in [-0.39, 0.29) is 12.1 Å². The molecule has 4 bridgehead atoms. The summed E-state index contributed by atoms with van der Waals surface area (Å²) in [6.45, 7) is 2.13. The summed E-state index contributed by atoms with van der Waals surface area (Å²) in [6, 6.07) is 8.60. The Hall–Kier alpha value is -1.61. The molecule has 0 saturated heterocycles. The Bertz CT molecular complexity index is 710. The molecular formula is C22H28N2O. The maximum absolute atomic E-state index is 11.6. The van der Waals surface area contributed by atoms with Crippen LogP contribution in [-0.4, -0.2) is 20.8 Å². The lowest BCUT2D eigenvalue weighted by Crippen LogP contribution is -2.51. The smallest absolute Gasteiger partial charge is 0.0952 e. The van der Waals surface area contributed by atoms with Gasteiger partial charge in [0.1, 0.15) is 0 Å². The fourth-order valence-electron chi connectivity index (χ4n) is 6.57. The van der Waals surface area contributed by atoms with Gasteiger partial charge in [-0.25, -0.2) is 4.98 Å². The Balaban J connectivity index is 1.51. The summed E-state index contributed by atoms with van der Waals surface area (Å²) in [4.78, 5) is 4.26. The summed E-state index contributed by atoms with van der Waals surface area (Å²) in [7, 11) is 0. The Labute approximate surface area is 150 Å². The van der Waals surface area contributed by atoms with Crippen LogP contribution in [0.4, 0.5) is 0 Å². The van der Waals surface area contributed by atoms with E-state index < -0.39 is 0 Å². The van der Waals surface area contributed by atoms with Gasteiger partial charge in [-0.15, -0.1) is 0 Å². The number of rotatable bonds is 4. The van der Waals surface area contributed by atoms with Gasteiger partial charge in [-0.3, -0.25) is 0 Å². The van der Waals surface area contributed by atoms with Crippen LogP contribution in [0.15, 0.2) is 43.0 Å². The lowest BCUT2D eigenvalue weighted by molar-refractivity contribution is -0.0989. The van der Waals surface area contributed by atoms with Gasteiger partial charge in [0.25, 0.3) is 0 Å². The zero-order chi connectivity index (χ0) is 17.0. The van der Waals surface area contributed by atoms with Crippen LogP contribution in [0.2, 0.25) is 0 Å². The molecule has 3 heteroatoms. The monoisotopic (exact) mass is 336 g/mol. The molecule has 1 aromatic heterocycles. The van der Waals surface area contributed by atoms with Gasteiger partial charge >= 0.3 is 0 Å². The van der Waals surface area contributed by atoms with Gasteiger partial charge in [0, 0.05) is 12.4 Å². The second kappa shape index (κ2) is 5.98. The lowest BCUT2D eigenvalue weighted by atomic mass is 9.50. The van der Waals surface area contributed by atoms with E-state index in [0.717, 1.165) is 23.7 Å². The molecule has 4 aliphatic carbocycles. The molecule has 0 spiro atoms. The van der Waals surface area contributed by atoms with E-state index in [9.17, 15) is 5.11 Å². The first-order valence-electron chi connectivity index (χ1n) is 9.91. The Morgan fingerprint density at radius 1 is 1.08 bits per heavy atom. The first kappa shape index (κ1) is 15.6. The highest BCUT2D eigenvalue weighted by Gasteiger charge is 2.51. The highest BCUT2D eigenvalue weighted by atomic mass is 16.3. The SMILES string of the molecule is Cc1cccc(C(C(O)C2C3CC4CC(C3)CC2C4)n2ccnc2)c1. The van der Waals surface area contributed by atoms with Crippen molar-refractivity contribution in [3.8, 4) is 0 Å². The Morgan fingerprint density at radius 3 is 2.40 bits per heavy atom. The van der Waals surface area contributed by atoms with Crippen molar-refractivity contribution < 1.29 is 5.11 Å². The molecule has 2 unspecified atom stereocenters. The van der Waals surface area contributed by atoms with Crippen LogP contribution in [0.5, 0.6) is 0 Å². The van der Waals surface area contributed by atoms with Crippen molar-refractivity contribution in [3.63, 3.8) is 0 Å². The third-order valence-corrected chi connectivity index (χ3v) is 7.25. The van der Waals surface area contributed by atoms with Crippen molar-refractivity contribution in [3.05, 3.63) is 54.1 Å². The number of imidazole rings is 1. The topological polar surface area (TPSA) is 38.0 Å². The molecule has 4 saturated carbocycles. The van der Waals surface area contributed by atoms with E-state index in [1.807, 2.05) is 18.7 Å². The molecular weight excluding hydrogens is 308 g/mol. The number of hydrogen-bond donors (Lipinski definition) is 1. The molecule has 4 fully saturated rings. The summed E-state index contributed by atoms with van der Waals surface area (Å²) >= 11 is 0. The van der Waals surface area contributed by atoms with Gasteiger partial charge in [-0.2, -0.15) is 0 Å². The van der Waals surface area contributed by atoms with E-state index in [1.54, 1.807) is 0 Å². The summed E-state index contributed by atoms with van der Waals surface area (Å²) < 4.78 is 2.12. The van der Waals surface area contributed by atoms with Crippen LogP contribution in [0.25, 0.3) is 0 Å². The Kier molecular flexibility index (Phi) is 3.74. The third kappa shape index (κ3) is 2.64. The maximum atomic E-state index is 11.6. The molecule has 25 heavy (non-hydrogen) atoms. The number of aliphatic hydroxyl groups excluding tert-OH is 1. The zero-order valence-electron chi connectivity index (χ0n) is 15.0. The maximum Gasteiger partial charge on any atom is 0.0952 e. The molecule has 6 rings (SSSR count). The quantitative estimate of drug-likeness (QED) is 0.908. The minimum absolute atomic E-state index is 0.0232. The molecule has 0 aliphatic heterocycles. The summed E-state index contributed by atoms with van der Waals surface area (Å²) in [5.74, 6) is 3.78. The molecule has 2 aromatic rings. The largest absolute Gasteiger partial charge is 0.390 e. The normalized spacial score (nSPS) is 35.7. The number of aliphatic hydroxyl groups is 1. The van der Waals surface area contributed by atoms with Crippen molar-refractivity contribution >= 4 is 0 Å². The molecule has 2 atom stereocenters. The summed E-state index contributed by atoms with van der Waals surface area (Å²) in [5, 5.41) is 11.6. The molecule has 1 heterocycles. The first-order valence-corrected chi connectivity index (χ1v) is 9.91. The fraction of sp³-hybridized carbons (Fsp3) is 0.591. The highest BCUT2D eigenvalue weighted by molar-refractivity contribution is 5.27. The first-order chi connectivity index (χ1) is 12.2. The predicted molar refractivity (Wildman–Crippen MR) is 98.1 cm³/mol. The predicted octanol–water partition coefficient (Wildman–Crippen LogP) is 4.21. The fourth-order valence-corrected chi connectivity index (χ4v) is 6.57. The number of aryl methyl sites for hydroxylation is 1. The van der Waals surface area contributed by atoms with E-state index in [1.165, 1.54) is 43.2 Å². The van der Waals surface area contributed by atoms with Crippen LogP contribution >= 0.6 is 0 Å². The van der Waals surface area contributed by atoms with E-state index in [4.69, 9.17) is 0 Å². The van der Waals surface area contributed by atoms with Crippen molar-refractivity contribution in [2.45, 2.75) is 51.2 Å². The minimum atomic E-state index is -0.328. The molecule has 1 aromatic carbocycles. The van der Waals surface area contributed by atoms with Gasteiger partial charge in [0.15, 0.2) is 0 Å². The number of hydrogen-bond acceptors (Lipinski definition) is 2. The number of benzene rings is 1. The van der Waals surface area contributed by atoms with Crippen molar-refractivity contribution in [2.24, 2.45) is 29.6 Å². The molecule has 132 valence electrons. The van der Waals surface area contributed by atoms with Crippen LogP contribution < -0.4 is 0 Å². The van der Waals surface area contributed by atoms with Gasteiger partial charge in [0.2, 0.25) is 0 Å². The number of aromatic nitrogens is 2. The number of nitrogens with zero attached hydrogens (tertiary/aromatic N) is 2. The summed E-state index contributed by atoms with van der Waals surface area (Å²) in [6.07, 6.45) is 12.2. The van der Waals surface area contributed by atoms with Gasteiger partial charge < -0.3 is 9.67 Å². The van der Waals surface area contributed by atoms with Crippen molar-refractivity contribution in [1.82, 2.24) is 9.55 Å². The minimum Gasteiger partial charge on any atom is -0.390 e. The van der Waals surface area contributed by atoms with Crippen LogP contribution in [0, 0.1) is 36.5 Å². The third-order valence-electron chi connectivity index (χ3n) is 7.25. The van der Waals surface area contributed by atoms with E-state index in [2.05, 4.69) is 40.7 Å². The standard InChI is InChI=1S/C22H28N2O/c1-14-3-2-4-17(7-14)21(24-6-5-23-13-24)22(25)20-18-9-15-8-16(11-18)12-19(20)10-15/h2-7,13,15-16,18-22,25H,8-12H2,1H3. The molecule has 4 aliphatic rings. The zero-order valence-corrected chi connectivity index (χ0v) is 15.0.